The third-order valence-electron chi connectivity index (χ3n) is 6.20. The van der Waals surface area contributed by atoms with Crippen LogP contribution in [-0.2, 0) is 17.8 Å². The Kier molecular flexibility index (Phi) is 3.36. The first-order chi connectivity index (χ1) is 9.84. The van der Waals surface area contributed by atoms with Crippen molar-refractivity contribution in [2.75, 3.05) is 6.54 Å². The van der Waals surface area contributed by atoms with Crippen LogP contribution in [0.5, 0.6) is 0 Å². The standard InChI is InChI=1S/C18H26N2O/c1-17(2)15(18(17,3)4)11-20-16(21)14-9-12-7-5-6-8-13(12)10-19-14/h5-8,14-15,19H,9-11H2,1-4H3,(H,20,21)/t14-/m1/s1. The summed E-state index contributed by atoms with van der Waals surface area (Å²) in [6.07, 6.45) is 0.791. The van der Waals surface area contributed by atoms with Crippen LogP contribution < -0.4 is 10.6 Å². The van der Waals surface area contributed by atoms with Crippen LogP contribution in [0.25, 0.3) is 0 Å². The van der Waals surface area contributed by atoms with E-state index in [1.807, 2.05) is 6.07 Å². The summed E-state index contributed by atoms with van der Waals surface area (Å²) >= 11 is 0. The number of carbonyl (C=O) groups is 1. The second-order valence-electron chi connectivity index (χ2n) is 7.65. The molecule has 0 saturated heterocycles. The maximum absolute atomic E-state index is 12.4. The van der Waals surface area contributed by atoms with Gasteiger partial charge in [0.1, 0.15) is 0 Å². The molecule has 1 fully saturated rings. The number of fused-ring (bicyclic) bond motifs is 1. The van der Waals surface area contributed by atoms with Gasteiger partial charge in [0.25, 0.3) is 0 Å². The third kappa shape index (κ3) is 2.38. The van der Waals surface area contributed by atoms with Gasteiger partial charge in [0.15, 0.2) is 0 Å². The number of benzene rings is 1. The van der Waals surface area contributed by atoms with Gasteiger partial charge in [-0.05, 0) is 34.3 Å². The van der Waals surface area contributed by atoms with Crippen LogP contribution in [-0.4, -0.2) is 18.5 Å². The van der Waals surface area contributed by atoms with Gasteiger partial charge < -0.3 is 10.6 Å². The van der Waals surface area contributed by atoms with E-state index in [9.17, 15) is 4.79 Å². The first kappa shape index (κ1) is 14.6. The predicted octanol–water partition coefficient (Wildman–Crippen LogP) is 2.50. The molecule has 3 nitrogen and oxygen atoms in total. The molecule has 1 heterocycles. The Balaban J connectivity index is 1.56. The number of hydrogen-bond donors (Lipinski definition) is 2. The molecule has 0 bridgehead atoms. The molecular formula is C18H26N2O. The summed E-state index contributed by atoms with van der Waals surface area (Å²) in [5.41, 5.74) is 3.26. The molecule has 1 aromatic carbocycles. The number of amides is 1. The van der Waals surface area contributed by atoms with Crippen LogP contribution >= 0.6 is 0 Å². The summed E-state index contributed by atoms with van der Waals surface area (Å²) in [7, 11) is 0. The molecule has 2 N–H and O–H groups in total. The summed E-state index contributed by atoms with van der Waals surface area (Å²) in [5, 5.41) is 6.50. The molecule has 114 valence electrons. The molecule has 1 aliphatic heterocycles. The fourth-order valence-electron chi connectivity index (χ4n) is 3.81. The zero-order valence-corrected chi connectivity index (χ0v) is 13.5. The lowest BCUT2D eigenvalue weighted by Gasteiger charge is -2.25. The molecule has 3 heteroatoms. The van der Waals surface area contributed by atoms with Crippen molar-refractivity contribution in [1.82, 2.24) is 10.6 Å². The molecular weight excluding hydrogens is 260 g/mol. The molecule has 1 saturated carbocycles. The van der Waals surface area contributed by atoms with E-state index in [0.717, 1.165) is 19.5 Å². The normalized spacial score (nSPS) is 26.0. The van der Waals surface area contributed by atoms with Crippen LogP contribution in [0.15, 0.2) is 24.3 Å². The van der Waals surface area contributed by atoms with Gasteiger partial charge in [0.05, 0.1) is 6.04 Å². The lowest BCUT2D eigenvalue weighted by atomic mass is 9.95. The van der Waals surface area contributed by atoms with Gasteiger partial charge >= 0.3 is 0 Å². The van der Waals surface area contributed by atoms with Crippen molar-refractivity contribution in [1.29, 1.82) is 0 Å². The number of hydrogen-bond acceptors (Lipinski definition) is 2. The van der Waals surface area contributed by atoms with E-state index >= 15 is 0 Å². The van der Waals surface area contributed by atoms with Crippen LogP contribution in [0.3, 0.4) is 0 Å². The quantitative estimate of drug-likeness (QED) is 0.896. The van der Waals surface area contributed by atoms with Crippen LogP contribution in [0.1, 0.15) is 38.8 Å². The second kappa shape index (κ2) is 4.84. The van der Waals surface area contributed by atoms with Gasteiger partial charge in [0, 0.05) is 13.1 Å². The largest absolute Gasteiger partial charge is 0.354 e. The fraction of sp³-hybridized carbons (Fsp3) is 0.611. The predicted molar refractivity (Wildman–Crippen MR) is 84.8 cm³/mol. The topological polar surface area (TPSA) is 41.1 Å². The molecule has 1 amide bonds. The van der Waals surface area contributed by atoms with E-state index in [2.05, 4.69) is 56.5 Å². The molecule has 1 aromatic rings. The molecule has 0 unspecified atom stereocenters. The Labute approximate surface area is 127 Å². The Hall–Kier alpha value is -1.35. The van der Waals surface area contributed by atoms with Crippen LogP contribution in [0, 0.1) is 16.7 Å². The van der Waals surface area contributed by atoms with Crippen molar-refractivity contribution in [2.24, 2.45) is 16.7 Å². The van der Waals surface area contributed by atoms with Crippen molar-refractivity contribution >= 4 is 5.91 Å². The van der Waals surface area contributed by atoms with Gasteiger partial charge in [-0.25, -0.2) is 0 Å². The van der Waals surface area contributed by atoms with Gasteiger partial charge in [-0.3, -0.25) is 4.79 Å². The maximum atomic E-state index is 12.4. The Bertz CT molecular complexity index is 548. The number of rotatable bonds is 3. The van der Waals surface area contributed by atoms with Gasteiger partial charge in [0.2, 0.25) is 5.91 Å². The molecule has 21 heavy (non-hydrogen) atoms. The first-order valence-corrected chi connectivity index (χ1v) is 7.92. The van der Waals surface area contributed by atoms with E-state index in [1.54, 1.807) is 0 Å². The lowest BCUT2D eigenvalue weighted by molar-refractivity contribution is -0.123. The smallest absolute Gasteiger partial charge is 0.237 e. The minimum atomic E-state index is -0.0927. The number of carbonyl (C=O) groups excluding carboxylic acids is 1. The average molecular weight is 286 g/mol. The van der Waals surface area contributed by atoms with Crippen molar-refractivity contribution < 1.29 is 4.79 Å². The van der Waals surface area contributed by atoms with Crippen LogP contribution in [0.4, 0.5) is 0 Å². The first-order valence-electron chi connectivity index (χ1n) is 7.92. The Morgan fingerprint density at radius 3 is 2.43 bits per heavy atom. The van der Waals surface area contributed by atoms with Crippen molar-refractivity contribution in [2.45, 2.75) is 46.7 Å². The lowest BCUT2D eigenvalue weighted by Crippen LogP contribution is -2.48. The molecule has 2 aliphatic rings. The zero-order chi connectivity index (χ0) is 15.3. The van der Waals surface area contributed by atoms with Gasteiger partial charge in [-0.2, -0.15) is 0 Å². The summed E-state index contributed by atoms with van der Waals surface area (Å²) < 4.78 is 0. The summed E-state index contributed by atoms with van der Waals surface area (Å²) in [6.45, 7) is 10.7. The third-order valence-corrected chi connectivity index (χ3v) is 6.20. The number of nitrogens with one attached hydrogen (secondary N) is 2. The van der Waals surface area contributed by atoms with Gasteiger partial charge in [-0.1, -0.05) is 52.0 Å². The minimum absolute atomic E-state index is 0.0927. The minimum Gasteiger partial charge on any atom is -0.354 e. The highest BCUT2D eigenvalue weighted by molar-refractivity contribution is 5.82. The second-order valence-corrected chi connectivity index (χ2v) is 7.65. The Morgan fingerprint density at radius 2 is 1.81 bits per heavy atom. The summed E-state index contributed by atoms with van der Waals surface area (Å²) in [5.74, 6) is 0.716. The Morgan fingerprint density at radius 1 is 1.19 bits per heavy atom. The van der Waals surface area contributed by atoms with Crippen LogP contribution in [0.2, 0.25) is 0 Å². The zero-order valence-electron chi connectivity index (χ0n) is 13.5. The van der Waals surface area contributed by atoms with Crippen molar-refractivity contribution in [3.63, 3.8) is 0 Å². The van der Waals surface area contributed by atoms with Gasteiger partial charge in [-0.15, -0.1) is 0 Å². The van der Waals surface area contributed by atoms with E-state index in [0.29, 0.717) is 16.7 Å². The SMILES string of the molecule is CC1(C)C(CNC(=O)[C@H]2Cc3ccccc3CN2)C1(C)C. The molecule has 0 radical (unpaired) electrons. The summed E-state index contributed by atoms with van der Waals surface area (Å²) in [6, 6.07) is 8.27. The van der Waals surface area contributed by atoms with E-state index in [-0.39, 0.29) is 11.9 Å². The molecule has 3 rings (SSSR count). The molecule has 1 atom stereocenters. The van der Waals surface area contributed by atoms with E-state index in [1.165, 1.54) is 11.1 Å². The van der Waals surface area contributed by atoms with E-state index in [4.69, 9.17) is 0 Å². The van der Waals surface area contributed by atoms with Crippen molar-refractivity contribution in [3.8, 4) is 0 Å². The van der Waals surface area contributed by atoms with Crippen molar-refractivity contribution in [3.05, 3.63) is 35.4 Å². The fourth-order valence-corrected chi connectivity index (χ4v) is 3.81. The molecule has 0 spiro atoms. The molecule has 1 aliphatic carbocycles. The average Bonchev–Trinajstić information content (AvgIpc) is 2.85. The van der Waals surface area contributed by atoms with E-state index < -0.39 is 0 Å². The highest BCUT2D eigenvalue weighted by Gasteiger charge is 2.64. The highest BCUT2D eigenvalue weighted by Crippen LogP contribution is 2.67. The summed E-state index contributed by atoms with van der Waals surface area (Å²) in [4.78, 5) is 12.4. The molecule has 0 aromatic heterocycles. The highest BCUT2D eigenvalue weighted by atomic mass is 16.2. The maximum Gasteiger partial charge on any atom is 0.237 e. The monoisotopic (exact) mass is 286 g/mol.